The van der Waals surface area contributed by atoms with E-state index < -0.39 is 5.82 Å². The summed E-state index contributed by atoms with van der Waals surface area (Å²) >= 11 is 0. The predicted octanol–water partition coefficient (Wildman–Crippen LogP) is 4.17. The predicted molar refractivity (Wildman–Crippen MR) is 143 cm³/mol. The number of likely N-dealkylation sites (tertiary alicyclic amines) is 1. The van der Waals surface area contributed by atoms with Crippen LogP contribution in [0.2, 0.25) is 0 Å². The summed E-state index contributed by atoms with van der Waals surface area (Å²) in [6.45, 7) is 9.15. The zero-order chi connectivity index (χ0) is 26.4. The van der Waals surface area contributed by atoms with E-state index in [0.29, 0.717) is 35.1 Å². The number of carbonyl (C=O) groups excluding carboxylic acids is 1. The van der Waals surface area contributed by atoms with Gasteiger partial charge in [-0.3, -0.25) is 4.79 Å². The lowest BCUT2D eigenvalue weighted by Gasteiger charge is -2.24. The van der Waals surface area contributed by atoms with Crippen molar-refractivity contribution in [1.82, 2.24) is 24.4 Å². The van der Waals surface area contributed by atoms with Gasteiger partial charge >= 0.3 is 0 Å². The third kappa shape index (κ3) is 4.11. The number of halogens is 1. The minimum absolute atomic E-state index is 0.0366. The number of ether oxygens (including phenoxy) is 1. The van der Waals surface area contributed by atoms with Crippen LogP contribution in [0.15, 0.2) is 55.4 Å². The maximum Gasteiger partial charge on any atom is 0.245 e. The van der Waals surface area contributed by atoms with Crippen LogP contribution >= 0.6 is 0 Å². The fourth-order valence-corrected chi connectivity index (χ4v) is 5.55. The second-order valence-corrected chi connectivity index (χ2v) is 9.76. The summed E-state index contributed by atoms with van der Waals surface area (Å²) in [4.78, 5) is 29.3. The van der Waals surface area contributed by atoms with Crippen molar-refractivity contribution in [2.24, 2.45) is 5.92 Å². The number of nitrogens with two attached hydrogens (primary N) is 1. The van der Waals surface area contributed by atoms with E-state index in [2.05, 4.69) is 31.0 Å². The molecule has 194 valence electrons. The van der Waals surface area contributed by atoms with E-state index in [9.17, 15) is 4.79 Å². The number of carbonyl (C=O) groups is 1. The molecule has 0 radical (unpaired) electrons. The van der Waals surface area contributed by atoms with E-state index in [0.717, 1.165) is 55.3 Å². The molecule has 1 saturated heterocycles. The van der Waals surface area contributed by atoms with E-state index in [-0.39, 0.29) is 11.7 Å². The molecule has 0 spiro atoms. The first kappa shape index (κ1) is 23.9. The summed E-state index contributed by atoms with van der Waals surface area (Å²) in [7, 11) is 0. The monoisotopic (exact) mass is 513 g/mol. The van der Waals surface area contributed by atoms with Gasteiger partial charge in [0.05, 0.1) is 5.39 Å². The van der Waals surface area contributed by atoms with Gasteiger partial charge in [0.15, 0.2) is 11.6 Å². The van der Waals surface area contributed by atoms with Gasteiger partial charge in [0.2, 0.25) is 11.8 Å². The fraction of sp³-hybridized carbons (Fsp3) is 0.286. The molecule has 1 fully saturated rings. The fourth-order valence-electron chi connectivity index (χ4n) is 5.55. The Kier molecular flexibility index (Phi) is 5.94. The largest absolute Gasteiger partial charge is 0.436 e. The van der Waals surface area contributed by atoms with Crippen molar-refractivity contribution in [1.29, 1.82) is 0 Å². The van der Waals surface area contributed by atoms with E-state index in [1.54, 1.807) is 12.1 Å². The molecule has 0 bridgehead atoms. The molecule has 5 heterocycles. The highest BCUT2D eigenvalue weighted by Gasteiger charge is 2.34. The van der Waals surface area contributed by atoms with Crippen molar-refractivity contribution in [3.05, 3.63) is 66.9 Å². The van der Waals surface area contributed by atoms with Gasteiger partial charge in [0.1, 0.15) is 23.6 Å². The number of nitrogen functional groups attached to an aromatic ring is 1. The highest BCUT2D eigenvalue weighted by Crippen LogP contribution is 2.45. The molecule has 3 aromatic heterocycles. The number of amides is 1. The van der Waals surface area contributed by atoms with Gasteiger partial charge in [-0.1, -0.05) is 18.7 Å². The highest BCUT2D eigenvalue weighted by molar-refractivity contribution is 6.07. The summed E-state index contributed by atoms with van der Waals surface area (Å²) < 4.78 is 23.2. The van der Waals surface area contributed by atoms with Crippen LogP contribution in [0.1, 0.15) is 12.1 Å². The number of fused-ring (bicyclic) bond motifs is 3. The molecule has 4 aromatic rings. The van der Waals surface area contributed by atoms with Gasteiger partial charge in [0.25, 0.3) is 0 Å². The molecule has 6 rings (SSSR count). The van der Waals surface area contributed by atoms with Crippen LogP contribution in [0.4, 0.5) is 16.0 Å². The zero-order valence-electron chi connectivity index (χ0n) is 21.1. The molecule has 0 unspecified atom stereocenters. The number of nitrogens with zero attached hydrogens (tertiary/aromatic N) is 6. The molecular weight excluding hydrogens is 485 g/mol. The third-order valence-electron chi connectivity index (χ3n) is 7.28. The average molecular weight is 514 g/mol. The topological polar surface area (TPSA) is 102 Å². The van der Waals surface area contributed by atoms with Gasteiger partial charge in [0, 0.05) is 50.0 Å². The van der Waals surface area contributed by atoms with Crippen LogP contribution < -0.4 is 15.4 Å². The molecule has 1 atom stereocenters. The normalized spacial score (nSPS) is 16.7. The molecule has 38 heavy (non-hydrogen) atoms. The Balaban J connectivity index is 1.37. The number of pyridine rings is 1. The Morgan fingerprint density at radius 1 is 1.24 bits per heavy atom. The maximum atomic E-state index is 15.4. The number of aryl methyl sites for hydroxylation is 1. The van der Waals surface area contributed by atoms with Crippen molar-refractivity contribution in [3.63, 3.8) is 0 Å². The van der Waals surface area contributed by atoms with Crippen LogP contribution in [-0.2, 0) is 11.3 Å². The van der Waals surface area contributed by atoms with Gasteiger partial charge in [-0.25, -0.2) is 19.3 Å². The minimum atomic E-state index is -0.506. The molecule has 1 aromatic carbocycles. The lowest BCUT2D eigenvalue weighted by Crippen LogP contribution is -2.31. The van der Waals surface area contributed by atoms with Crippen LogP contribution in [0.3, 0.4) is 0 Å². The van der Waals surface area contributed by atoms with Crippen molar-refractivity contribution in [2.45, 2.75) is 19.9 Å². The minimum Gasteiger partial charge on any atom is -0.436 e. The van der Waals surface area contributed by atoms with Gasteiger partial charge in [-0.15, -0.1) is 0 Å². The number of hydrogen-bond acceptors (Lipinski definition) is 7. The van der Waals surface area contributed by atoms with E-state index in [1.807, 2.05) is 30.0 Å². The Morgan fingerprint density at radius 2 is 2.11 bits per heavy atom. The van der Waals surface area contributed by atoms with Crippen molar-refractivity contribution < 1.29 is 13.9 Å². The van der Waals surface area contributed by atoms with Crippen molar-refractivity contribution >= 4 is 28.6 Å². The number of anilines is 2. The van der Waals surface area contributed by atoms with Crippen LogP contribution in [-0.4, -0.2) is 56.5 Å². The summed E-state index contributed by atoms with van der Waals surface area (Å²) in [5.41, 5.74) is 9.32. The lowest BCUT2D eigenvalue weighted by molar-refractivity contribution is -0.125. The molecule has 9 nitrogen and oxygen atoms in total. The molecule has 0 saturated carbocycles. The standard InChI is InChI=1S/C28H28FN7O2/c1-3-23(37)34-10-9-18(14-34)15-35-11-12-36-27-25(26(30)31-16-32-27)24(28(35)36)19-7-8-21(20(29)13-19)38-22-6-4-5-17(2)33-22/h3-8,13,16,18H,1,9-12,14-15H2,2H3,(H2,30,31,32)/t18-/m1/s1. The van der Waals surface area contributed by atoms with Gasteiger partial charge < -0.3 is 24.8 Å². The average Bonchev–Trinajstić information content (AvgIpc) is 3.62. The summed E-state index contributed by atoms with van der Waals surface area (Å²) in [6.07, 6.45) is 3.74. The van der Waals surface area contributed by atoms with E-state index in [1.165, 1.54) is 18.5 Å². The first-order valence-corrected chi connectivity index (χ1v) is 12.6. The lowest BCUT2D eigenvalue weighted by atomic mass is 10.0. The zero-order valence-corrected chi connectivity index (χ0v) is 21.1. The Hall–Kier alpha value is -4.47. The summed E-state index contributed by atoms with van der Waals surface area (Å²) in [5.74, 6) is 1.48. The molecule has 0 aliphatic carbocycles. The SMILES string of the molecule is C=CC(=O)N1CC[C@@H](CN2CCn3c2c(-c2ccc(Oc4cccc(C)n4)c(F)c2)c2c(N)ncnc23)C1. The van der Waals surface area contributed by atoms with Gasteiger partial charge in [-0.05, 0) is 49.1 Å². The number of benzene rings is 1. The van der Waals surface area contributed by atoms with Crippen LogP contribution in [0.5, 0.6) is 11.6 Å². The molecule has 2 N–H and O–H groups in total. The Morgan fingerprint density at radius 3 is 2.89 bits per heavy atom. The molecule has 10 heteroatoms. The van der Waals surface area contributed by atoms with Crippen molar-refractivity contribution in [2.75, 3.05) is 36.8 Å². The Bertz CT molecular complexity index is 1570. The molecular formula is C28H28FN7O2. The van der Waals surface area contributed by atoms with Crippen molar-refractivity contribution in [3.8, 4) is 22.8 Å². The second kappa shape index (κ2) is 9.44. The molecule has 2 aliphatic heterocycles. The first-order valence-electron chi connectivity index (χ1n) is 12.6. The first-order chi connectivity index (χ1) is 18.4. The third-order valence-corrected chi connectivity index (χ3v) is 7.28. The number of aromatic nitrogens is 4. The smallest absolute Gasteiger partial charge is 0.245 e. The quantitative estimate of drug-likeness (QED) is 0.386. The number of rotatable bonds is 6. The van der Waals surface area contributed by atoms with Crippen LogP contribution in [0.25, 0.3) is 22.2 Å². The van der Waals surface area contributed by atoms with E-state index in [4.69, 9.17) is 10.5 Å². The Labute approximate surface area is 219 Å². The molecule has 1 amide bonds. The number of hydrogen-bond donors (Lipinski definition) is 1. The summed E-state index contributed by atoms with van der Waals surface area (Å²) in [6, 6.07) is 10.3. The maximum absolute atomic E-state index is 15.4. The van der Waals surface area contributed by atoms with E-state index >= 15 is 4.39 Å². The van der Waals surface area contributed by atoms with Crippen LogP contribution in [0, 0.1) is 18.7 Å². The second-order valence-electron chi connectivity index (χ2n) is 9.76. The molecule has 2 aliphatic rings. The van der Waals surface area contributed by atoms with Gasteiger partial charge in [-0.2, -0.15) is 0 Å². The highest BCUT2D eigenvalue weighted by atomic mass is 19.1. The summed E-state index contributed by atoms with van der Waals surface area (Å²) in [5, 5.41) is 0.704.